The average Bonchev–Trinajstić information content (AvgIpc) is 3.12. The first-order valence-electron chi connectivity index (χ1n) is 11.4. The van der Waals surface area contributed by atoms with E-state index in [2.05, 4.69) is 55.0 Å². The summed E-state index contributed by atoms with van der Waals surface area (Å²) in [6.07, 6.45) is 7.84. The summed E-state index contributed by atoms with van der Waals surface area (Å²) < 4.78 is 0. The molecule has 2 fully saturated rings. The van der Waals surface area contributed by atoms with Crippen LogP contribution < -0.4 is 5.32 Å². The van der Waals surface area contributed by atoms with Gasteiger partial charge in [-0.1, -0.05) is 25.0 Å². The van der Waals surface area contributed by atoms with Crippen molar-refractivity contribution in [1.29, 1.82) is 0 Å². The summed E-state index contributed by atoms with van der Waals surface area (Å²) in [6, 6.07) is 4.61. The summed E-state index contributed by atoms with van der Waals surface area (Å²) in [4.78, 5) is 21.6. The van der Waals surface area contributed by atoms with Crippen molar-refractivity contribution in [2.45, 2.75) is 71.4 Å². The largest absolute Gasteiger partial charge is 0.309 e. The van der Waals surface area contributed by atoms with E-state index < -0.39 is 0 Å². The van der Waals surface area contributed by atoms with Gasteiger partial charge in [0.2, 0.25) is 0 Å². The lowest BCUT2D eigenvalue weighted by Crippen LogP contribution is -2.62. The lowest BCUT2D eigenvalue weighted by atomic mass is 9.68. The van der Waals surface area contributed by atoms with Gasteiger partial charge in [-0.25, -0.2) is 0 Å². The van der Waals surface area contributed by atoms with Crippen molar-refractivity contribution in [3.05, 3.63) is 51.0 Å². The SMILES string of the molecule is Cc1cc(C)c(C2NCCC(C)(N3CCCCCC3)C2C(=O)c2cncs2)cc1C. The Kier molecular flexibility index (Phi) is 6.42. The highest BCUT2D eigenvalue weighted by atomic mass is 32.1. The third kappa shape index (κ3) is 4.00. The van der Waals surface area contributed by atoms with Crippen LogP contribution in [0.2, 0.25) is 0 Å². The highest BCUT2D eigenvalue weighted by Crippen LogP contribution is 2.44. The first-order chi connectivity index (χ1) is 14.4. The number of Topliss-reactive ketones (excluding diaryl/α,β-unsaturated/α-hetero) is 1. The summed E-state index contributed by atoms with van der Waals surface area (Å²) in [6.45, 7) is 12.0. The fraction of sp³-hybridized carbons (Fsp3) is 0.600. The number of benzene rings is 1. The zero-order chi connectivity index (χ0) is 21.3. The molecule has 0 aliphatic carbocycles. The molecule has 3 unspecified atom stereocenters. The summed E-state index contributed by atoms with van der Waals surface area (Å²) in [5.41, 5.74) is 6.80. The first-order valence-corrected chi connectivity index (χ1v) is 12.3. The number of aromatic nitrogens is 1. The van der Waals surface area contributed by atoms with Gasteiger partial charge in [-0.3, -0.25) is 14.7 Å². The fourth-order valence-corrected chi connectivity index (χ4v) is 6.18. The maximum absolute atomic E-state index is 14.0. The molecule has 30 heavy (non-hydrogen) atoms. The maximum Gasteiger partial charge on any atom is 0.181 e. The van der Waals surface area contributed by atoms with E-state index >= 15 is 0 Å². The van der Waals surface area contributed by atoms with Gasteiger partial charge in [-0.15, -0.1) is 11.3 Å². The number of ketones is 1. The molecule has 0 amide bonds. The predicted octanol–water partition coefficient (Wildman–Crippen LogP) is 5.24. The number of carbonyl (C=O) groups excluding carboxylic acids is 1. The van der Waals surface area contributed by atoms with E-state index in [1.54, 1.807) is 11.7 Å². The van der Waals surface area contributed by atoms with Crippen molar-refractivity contribution < 1.29 is 4.79 Å². The lowest BCUT2D eigenvalue weighted by molar-refractivity contribution is 0.00691. The minimum atomic E-state index is -0.146. The molecule has 5 heteroatoms. The number of hydrogen-bond acceptors (Lipinski definition) is 5. The molecular formula is C25H35N3OS. The summed E-state index contributed by atoms with van der Waals surface area (Å²) in [7, 11) is 0. The van der Waals surface area contributed by atoms with Crippen LogP contribution in [0.1, 0.15) is 77.0 Å². The third-order valence-electron chi connectivity index (χ3n) is 7.50. The van der Waals surface area contributed by atoms with E-state index in [1.807, 2.05) is 0 Å². The molecule has 3 heterocycles. The van der Waals surface area contributed by atoms with Crippen molar-refractivity contribution in [1.82, 2.24) is 15.2 Å². The smallest absolute Gasteiger partial charge is 0.181 e. The fourth-order valence-electron chi connectivity index (χ4n) is 5.58. The summed E-state index contributed by atoms with van der Waals surface area (Å²) in [5.74, 6) is 0.129. The molecule has 2 aromatic rings. The van der Waals surface area contributed by atoms with Crippen molar-refractivity contribution in [2.24, 2.45) is 5.92 Å². The Labute approximate surface area is 185 Å². The van der Waals surface area contributed by atoms with Gasteiger partial charge in [0.05, 0.1) is 16.3 Å². The van der Waals surface area contributed by atoms with E-state index in [-0.39, 0.29) is 23.3 Å². The zero-order valence-corrected chi connectivity index (χ0v) is 19.6. The zero-order valence-electron chi connectivity index (χ0n) is 18.8. The number of thiazole rings is 1. The standard InChI is InChI=1S/C25H35N3OS/c1-17-13-19(3)20(14-18(17)2)23-22(24(29)21-15-26-16-30-21)25(4,9-10-27-23)28-11-7-5-6-8-12-28/h13-16,22-23,27H,5-12H2,1-4H3. The van der Waals surface area contributed by atoms with Gasteiger partial charge in [0, 0.05) is 17.8 Å². The Morgan fingerprint density at radius 1 is 1.10 bits per heavy atom. The van der Waals surface area contributed by atoms with Crippen molar-refractivity contribution in [3.63, 3.8) is 0 Å². The number of likely N-dealkylation sites (tertiary alicyclic amines) is 1. The first kappa shape index (κ1) is 21.7. The van der Waals surface area contributed by atoms with E-state index in [4.69, 9.17) is 0 Å². The number of hydrogen-bond donors (Lipinski definition) is 1. The van der Waals surface area contributed by atoms with Crippen molar-refractivity contribution >= 4 is 17.1 Å². The second-order valence-electron chi connectivity index (χ2n) is 9.44. The second kappa shape index (κ2) is 8.89. The molecule has 2 saturated heterocycles. The minimum absolute atomic E-state index is 0.0286. The van der Waals surface area contributed by atoms with Crippen LogP contribution in [0.5, 0.6) is 0 Å². The Bertz CT molecular complexity index is 886. The van der Waals surface area contributed by atoms with Gasteiger partial charge >= 0.3 is 0 Å². The van der Waals surface area contributed by atoms with Gasteiger partial charge in [0.15, 0.2) is 5.78 Å². The quantitative estimate of drug-likeness (QED) is 0.681. The van der Waals surface area contributed by atoms with Gasteiger partial charge < -0.3 is 5.32 Å². The molecule has 1 N–H and O–H groups in total. The Balaban J connectivity index is 1.80. The second-order valence-corrected chi connectivity index (χ2v) is 10.3. The van der Waals surface area contributed by atoms with E-state index in [1.165, 1.54) is 59.3 Å². The molecule has 162 valence electrons. The van der Waals surface area contributed by atoms with Gasteiger partial charge in [0.1, 0.15) is 0 Å². The monoisotopic (exact) mass is 425 g/mol. The number of rotatable bonds is 4. The van der Waals surface area contributed by atoms with E-state index in [0.717, 1.165) is 30.9 Å². The van der Waals surface area contributed by atoms with Crippen LogP contribution >= 0.6 is 11.3 Å². The van der Waals surface area contributed by atoms with Gasteiger partial charge in [-0.05, 0) is 88.8 Å². The predicted molar refractivity (Wildman–Crippen MR) is 124 cm³/mol. The summed E-state index contributed by atoms with van der Waals surface area (Å²) in [5, 5.41) is 3.76. The molecule has 0 radical (unpaired) electrons. The topological polar surface area (TPSA) is 45.2 Å². The lowest BCUT2D eigenvalue weighted by Gasteiger charge is -2.52. The van der Waals surface area contributed by atoms with Crippen LogP contribution in [0.4, 0.5) is 0 Å². The molecule has 1 aromatic heterocycles. The molecule has 0 spiro atoms. The maximum atomic E-state index is 14.0. The van der Waals surface area contributed by atoms with Gasteiger partial charge in [0.25, 0.3) is 0 Å². The molecule has 2 aliphatic rings. The molecule has 0 saturated carbocycles. The number of carbonyl (C=O) groups is 1. The Hall–Kier alpha value is -1.56. The molecule has 4 nitrogen and oxygen atoms in total. The Morgan fingerprint density at radius 2 is 1.80 bits per heavy atom. The van der Waals surface area contributed by atoms with E-state index in [9.17, 15) is 4.79 Å². The normalized spacial score (nSPS) is 28.3. The molecule has 2 aliphatic heterocycles. The summed E-state index contributed by atoms with van der Waals surface area (Å²) >= 11 is 1.48. The highest BCUT2D eigenvalue weighted by molar-refractivity contribution is 7.11. The van der Waals surface area contributed by atoms with Crippen LogP contribution in [0, 0.1) is 26.7 Å². The minimum Gasteiger partial charge on any atom is -0.309 e. The average molecular weight is 426 g/mol. The number of nitrogens with one attached hydrogen (secondary N) is 1. The van der Waals surface area contributed by atoms with Crippen LogP contribution in [-0.4, -0.2) is 40.8 Å². The number of piperidine rings is 1. The van der Waals surface area contributed by atoms with E-state index in [0.29, 0.717) is 0 Å². The Morgan fingerprint density at radius 3 is 2.47 bits per heavy atom. The molecule has 4 rings (SSSR count). The van der Waals surface area contributed by atoms with Crippen LogP contribution in [0.25, 0.3) is 0 Å². The molecule has 0 bridgehead atoms. The third-order valence-corrected chi connectivity index (χ3v) is 8.29. The van der Waals surface area contributed by atoms with Crippen LogP contribution in [0.15, 0.2) is 23.8 Å². The van der Waals surface area contributed by atoms with Crippen LogP contribution in [0.3, 0.4) is 0 Å². The van der Waals surface area contributed by atoms with Crippen molar-refractivity contribution in [3.8, 4) is 0 Å². The van der Waals surface area contributed by atoms with Gasteiger partial charge in [-0.2, -0.15) is 0 Å². The highest BCUT2D eigenvalue weighted by Gasteiger charge is 2.50. The van der Waals surface area contributed by atoms with Crippen LogP contribution in [-0.2, 0) is 0 Å². The molecule has 3 atom stereocenters. The molecule has 1 aromatic carbocycles. The number of nitrogens with zero attached hydrogens (tertiary/aromatic N) is 2. The van der Waals surface area contributed by atoms with Crippen molar-refractivity contribution in [2.75, 3.05) is 19.6 Å². The molecular weight excluding hydrogens is 390 g/mol. The number of aryl methyl sites for hydroxylation is 3.